The summed E-state index contributed by atoms with van der Waals surface area (Å²) in [5.74, 6) is -0.114. The molecule has 2 aromatic heterocycles. The van der Waals surface area contributed by atoms with Crippen LogP contribution in [0.5, 0.6) is 0 Å². The number of fused-ring (bicyclic) bond motifs is 1. The van der Waals surface area contributed by atoms with Gasteiger partial charge in [0.1, 0.15) is 11.3 Å². The Kier molecular flexibility index (Phi) is 3.72. The molecule has 0 radical (unpaired) electrons. The van der Waals surface area contributed by atoms with E-state index >= 15 is 0 Å². The molecule has 0 aliphatic carbocycles. The highest BCUT2D eigenvalue weighted by Crippen LogP contribution is 2.14. The number of aromatic nitrogens is 4. The zero-order valence-electron chi connectivity index (χ0n) is 11.4. The maximum Gasteiger partial charge on any atom is 0.240 e. The van der Waals surface area contributed by atoms with Crippen LogP contribution in [0.4, 0.5) is 0 Å². The fourth-order valence-corrected chi connectivity index (χ4v) is 3.61. The minimum Gasteiger partial charge on any atom is -0.295 e. The molecule has 0 aliphatic rings. The predicted octanol–water partition coefficient (Wildman–Crippen LogP) is 0.867. The molecular formula is C12H11N5O3S2. The Hall–Kier alpha value is -2.17. The van der Waals surface area contributed by atoms with Crippen LogP contribution in [0.2, 0.25) is 0 Å². The standard InChI is InChI=1S/C12H11N5O3S2/c1-8(18)9-2-4-10(5-3-9)22(19,20)14-6-11-16-17-7-13-15-12(17)21-11/h2-5,7,14H,6H2,1H3. The second-order valence-electron chi connectivity index (χ2n) is 4.46. The second-order valence-corrected chi connectivity index (χ2v) is 7.27. The summed E-state index contributed by atoms with van der Waals surface area (Å²) < 4.78 is 28.3. The number of sulfonamides is 1. The first-order valence-electron chi connectivity index (χ1n) is 6.22. The Labute approximate surface area is 129 Å². The minimum atomic E-state index is -3.66. The van der Waals surface area contributed by atoms with Gasteiger partial charge < -0.3 is 0 Å². The van der Waals surface area contributed by atoms with Crippen molar-refractivity contribution in [1.29, 1.82) is 0 Å². The van der Waals surface area contributed by atoms with E-state index in [4.69, 9.17) is 0 Å². The van der Waals surface area contributed by atoms with Gasteiger partial charge in [-0.05, 0) is 19.1 Å². The highest BCUT2D eigenvalue weighted by molar-refractivity contribution is 7.89. The van der Waals surface area contributed by atoms with Crippen LogP contribution in [0.25, 0.3) is 4.96 Å². The van der Waals surface area contributed by atoms with Gasteiger partial charge in [-0.15, -0.1) is 10.2 Å². The number of hydrogen-bond acceptors (Lipinski definition) is 7. The number of rotatable bonds is 5. The van der Waals surface area contributed by atoms with Crippen molar-refractivity contribution in [1.82, 2.24) is 24.5 Å². The van der Waals surface area contributed by atoms with Crippen LogP contribution in [0, 0.1) is 0 Å². The van der Waals surface area contributed by atoms with Crippen molar-refractivity contribution in [2.45, 2.75) is 18.4 Å². The van der Waals surface area contributed by atoms with Gasteiger partial charge in [-0.3, -0.25) is 4.79 Å². The van der Waals surface area contributed by atoms with Gasteiger partial charge in [0, 0.05) is 5.56 Å². The number of ketones is 1. The molecule has 0 atom stereocenters. The van der Waals surface area contributed by atoms with E-state index in [2.05, 4.69) is 20.0 Å². The molecule has 2 heterocycles. The Morgan fingerprint density at radius 3 is 2.68 bits per heavy atom. The van der Waals surface area contributed by atoms with E-state index in [1.807, 2.05) is 0 Å². The predicted molar refractivity (Wildman–Crippen MR) is 79.1 cm³/mol. The maximum absolute atomic E-state index is 12.2. The van der Waals surface area contributed by atoms with E-state index in [1.54, 1.807) is 0 Å². The lowest BCUT2D eigenvalue weighted by Gasteiger charge is -2.05. The van der Waals surface area contributed by atoms with Gasteiger partial charge in [-0.25, -0.2) is 13.1 Å². The zero-order valence-corrected chi connectivity index (χ0v) is 13.1. The molecule has 1 aromatic carbocycles. The largest absolute Gasteiger partial charge is 0.295 e. The molecule has 0 unspecified atom stereocenters. The van der Waals surface area contributed by atoms with Crippen LogP contribution in [0.3, 0.4) is 0 Å². The quantitative estimate of drug-likeness (QED) is 0.692. The van der Waals surface area contributed by atoms with Crippen molar-refractivity contribution in [2.24, 2.45) is 0 Å². The Bertz CT molecular complexity index is 899. The molecule has 0 spiro atoms. The summed E-state index contributed by atoms with van der Waals surface area (Å²) in [6, 6.07) is 5.77. The van der Waals surface area contributed by atoms with Gasteiger partial charge in [-0.2, -0.15) is 9.61 Å². The van der Waals surface area contributed by atoms with Crippen molar-refractivity contribution in [3.63, 3.8) is 0 Å². The highest BCUT2D eigenvalue weighted by atomic mass is 32.2. The maximum atomic E-state index is 12.2. The molecule has 10 heteroatoms. The average Bonchev–Trinajstić information content (AvgIpc) is 3.06. The Balaban J connectivity index is 1.75. The lowest BCUT2D eigenvalue weighted by atomic mass is 10.2. The smallest absolute Gasteiger partial charge is 0.240 e. The molecular weight excluding hydrogens is 326 g/mol. The SMILES string of the molecule is CC(=O)c1ccc(S(=O)(=O)NCc2nn3cnnc3s2)cc1. The lowest BCUT2D eigenvalue weighted by molar-refractivity contribution is 0.101. The number of benzene rings is 1. The molecule has 22 heavy (non-hydrogen) atoms. The number of carbonyl (C=O) groups excluding carboxylic acids is 1. The first-order chi connectivity index (χ1) is 10.5. The molecule has 0 fully saturated rings. The topological polar surface area (TPSA) is 106 Å². The Morgan fingerprint density at radius 2 is 2.05 bits per heavy atom. The third kappa shape index (κ3) is 2.89. The fourth-order valence-electron chi connectivity index (χ4n) is 1.78. The lowest BCUT2D eigenvalue weighted by Crippen LogP contribution is -2.23. The number of Topliss-reactive ketones (excluding diaryl/α,β-unsaturated/α-hetero) is 1. The molecule has 0 aliphatic heterocycles. The third-order valence-electron chi connectivity index (χ3n) is 2.91. The number of nitrogens with zero attached hydrogens (tertiary/aromatic N) is 4. The summed E-state index contributed by atoms with van der Waals surface area (Å²) in [5, 5.41) is 12.2. The van der Waals surface area contributed by atoms with Crippen LogP contribution in [0.15, 0.2) is 35.5 Å². The summed E-state index contributed by atoms with van der Waals surface area (Å²) >= 11 is 1.25. The zero-order chi connectivity index (χ0) is 15.7. The van der Waals surface area contributed by atoms with E-state index in [-0.39, 0.29) is 17.2 Å². The highest BCUT2D eigenvalue weighted by Gasteiger charge is 2.15. The van der Waals surface area contributed by atoms with Crippen LogP contribution < -0.4 is 4.72 Å². The van der Waals surface area contributed by atoms with E-state index in [0.29, 0.717) is 15.5 Å². The average molecular weight is 337 g/mol. The monoisotopic (exact) mass is 337 g/mol. The van der Waals surface area contributed by atoms with Gasteiger partial charge in [0.15, 0.2) is 5.78 Å². The van der Waals surface area contributed by atoms with Crippen molar-refractivity contribution in [3.8, 4) is 0 Å². The summed E-state index contributed by atoms with van der Waals surface area (Å²) in [6.07, 6.45) is 1.45. The van der Waals surface area contributed by atoms with Crippen molar-refractivity contribution < 1.29 is 13.2 Å². The molecule has 3 aromatic rings. The van der Waals surface area contributed by atoms with Crippen LogP contribution >= 0.6 is 11.3 Å². The first kappa shape index (κ1) is 14.8. The fraction of sp³-hybridized carbons (Fsp3) is 0.167. The van der Waals surface area contributed by atoms with Gasteiger partial charge in [-0.1, -0.05) is 23.5 Å². The van der Waals surface area contributed by atoms with Crippen molar-refractivity contribution in [2.75, 3.05) is 0 Å². The summed E-state index contributed by atoms with van der Waals surface area (Å²) in [6.45, 7) is 1.49. The Morgan fingerprint density at radius 1 is 1.32 bits per heavy atom. The van der Waals surface area contributed by atoms with E-state index in [9.17, 15) is 13.2 Å². The van der Waals surface area contributed by atoms with Crippen LogP contribution in [-0.4, -0.2) is 34.0 Å². The molecule has 0 saturated heterocycles. The normalized spacial score (nSPS) is 11.9. The summed E-state index contributed by atoms with van der Waals surface area (Å²) in [4.78, 5) is 11.9. The summed E-state index contributed by atoms with van der Waals surface area (Å²) in [7, 11) is -3.66. The number of carbonyl (C=O) groups is 1. The van der Waals surface area contributed by atoms with Crippen molar-refractivity contribution in [3.05, 3.63) is 41.2 Å². The third-order valence-corrected chi connectivity index (χ3v) is 5.24. The molecule has 8 nitrogen and oxygen atoms in total. The van der Waals surface area contributed by atoms with Crippen LogP contribution in [-0.2, 0) is 16.6 Å². The van der Waals surface area contributed by atoms with E-state index in [1.165, 1.54) is 53.4 Å². The van der Waals surface area contributed by atoms with Gasteiger partial charge in [0.25, 0.3) is 0 Å². The molecule has 3 rings (SSSR count). The van der Waals surface area contributed by atoms with E-state index in [0.717, 1.165) is 0 Å². The second kappa shape index (κ2) is 5.55. The van der Waals surface area contributed by atoms with Gasteiger partial charge in [0.2, 0.25) is 15.0 Å². The summed E-state index contributed by atoms with van der Waals surface area (Å²) in [5.41, 5.74) is 0.465. The molecule has 1 N–H and O–H groups in total. The van der Waals surface area contributed by atoms with Gasteiger partial charge in [0.05, 0.1) is 11.4 Å². The minimum absolute atomic E-state index is 0.0603. The first-order valence-corrected chi connectivity index (χ1v) is 8.52. The van der Waals surface area contributed by atoms with E-state index < -0.39 is 10.0 Å². The van der Waals surface area contributed by atoms with Gasteiger partial charge >= 0.3 is 0 Å². The van der Waals surface area contributed by atoms with Crippen LogP contribution in [0.1, 0.15) is 22.3 Å². The molecule has 114 valence electrons. The molecule has 0 amide bonds. The molecule has 0 bridgehead atoms. The molecule has 0 saturated carbocycles. The number of hydrogen-bond donors (Lipinski definition) is 1. The van der Waals surface area contributed by atoms with Crippen molar-refractivity contribution >= 4 is 32.1 Å². The number of nitrogens with one attached hydrogen (secondary N) is 1.